The van der Waals surface area contributed by atoms with Crippen molar-refractivity contribution < 1.29 is 9.53 Å². The molecule has 4 heteroatoms. The Labute approximate surface area is 85.6 Å². The van der Waals surface area contributed by atoms with E-state index < -0.39 is 0 Å². The summed E-state index contributed by atoms with van der Waals surface area (Å²) in [7, 11) is 0. The molecule has 1 N–H and O–H groups in total. The number of carbonyl (C=O) groups is 1. The topological polar surface area (TPSA) is 41.6 Å². The Hall–Kier alpha value is -0.770. The lowest BCUT2D eigenvalue weighted by Crippen LogP contribution is -2.46. The monoisotopic (exact) mass is 200 g/mol. The Morgan fingerprint density at radius 3 is 2.57 bits per heavy atom. The van der Waals surface area contributed by atoms with Gasteiger partial charge in [-0.25, -0.2) is 4.79 Å². The highest BCUT2D eigenvalue weighted by molar-refractivity contribution is 5.74. The van der Waals surface area contributed by atoms with Crippen LogP contribution in [0.5, 0.6) is 0 Å². The van der Waals surface area contributed by atoms with E-state index in [1.54, 1.807) is 4.90 Å². The summed E-state index contributed by atoms with van der Waals surface area (Å²) >= 11 is 0. The molecule has 0 aromatic carbocycles. The third-order valence-corrected chi connectivity index (χ3v) is 2.74. The van der Waals surface area contributed by atoms with E-state index >= 15 is 0 Å². The minimum Gasteiger partial charge on any atom is -0.376 e. The lowest BCUT2D eigenvalue weighted by atomic mass is 10.2. The lowest BCUT2D eigenvalue weighted by Gasteiger charge is -2.23. The minimum atomic E-state index is 0.0253. The number of hydrogen-bond acceptors (Lipinski definition) is 2. The van der Waals surface area contributed by atoms with Gasteiger partial charge in [-0.15, -0.1) is 0 Å². The molecule has 2 atom stereocenters. The molecular formula is C10H20N2O2. The number of nitrogens with zero attached hydrogens (tertiary/aromatic N) is 1. The van der Waals surface area contributed by atoms with Gasteiger partial charge < -0.3 is 15.0 Å². The molecule has 1 fully saturated rings. The van der Waals surface area contributed by atoms with Gasteiger partial charge in [-0.3, -0.25) is 0 Å². The summed E-state index contributed by atoms with van der Waals surface area (Å²) < 4.78 is 5.38. The number of hydrogen-bond donors (Lipinski definition) is 1. The standard InChI is InChI=1S/C10H20N2O2/c1-4-12(5-2)10(13)11-9-6-7-14-8(9)3/h8-9H,4-7H2,1-3H3,(H,11,13). The van der Waals surface area contributed by atoms with Gasteiger partial charge in [-0.1, -0.05) is 0 Å². The highest BCUT2D eigenvalue weighted by atomic mass is 16.5. The predicted octanol–water partition coefficient (Wildman–Crippen LogP) is 1.22. The molecule has 0 aromatic heterocycles. The summed E-state index contributed by atoms with van der Waals surface area (Å²) in [5.74, 6) is 0. The molecule has 1 rings (SSSR count). The molecule has 2 unspecified atom stereocenters. The van der Waals surface area contributed by atoms with Gasteiger partial charge in [0.2, 0.25) is 0 Å². The fraction of sp³-hybridized carbons (Fsp3) is 0.900. The Morgan fingerprint density at radius 2 is 2.14 bits per heavy atom. The van der Waals surface area contributed by atoms with Gasteiger partial charge in [0.1, 0.15) is 0 Å². The lowest BCUT2D eigenvalue weighted by molar-refractivity contribution is 0.112. The zero-order valence-corrected chi connectivity index (χ0v) is 9.25. The van der Waals surface area contributed by atoms with Crippen LogP contribution in [0.3, 0.4) is 0 Å². The number of nitrogens with one attached hydrogen (secondary N) is 1. The fourth-order valence-corrected chi connectivity index (χ4v) is 1.68. The summed E-state index contributed by atoms with van der Waals surface area (Å²) in [6, 6.07) is 0.209. The van der Waals surface area contributed by atoms with E-state index in [9.17, 15) is 4.79 Å². The zero-order chi connectivity index (χ0) is 10.6. The Balaban J connectivity index is 2.39. The molecule has 1 aliphatic rings. The Bertz CT molecular complexity index is 193. The molecule has 1 aliphatic heterocycles. The average molecular weight is 200 g/mol. The maximum atomic E-state index is 11.7. The molecule has 14 heavy (non-hydrogen) atoms. The number of carbonyl (C=O) groups excluding carboxylic acids is 1. The van der Waals surface area contributed by atoms with Gasteiger partial charge in [0, 0.05) is 19.7 Å². The van der Waals surface area contributed by atoms with Crippen molar-refractivity contribution in [1.82, 2.24) is 10.2 Å². The number of amides is 2. The van der Waals surface area contributed by atoms with Crippen LogP contribution in [-0.2, 0) is 4.74 Å². The second-order valence-corrected chi connectivity index (χ2v) is 3.59. The van der Waals surface area contributed by atoms with Crippen LogP contribution in [0.4, 0.5) is 4.79 Å². The third-order valence-electron chi connectivity index (χ3n) is 2.74. The van der Waals surface area contributed by atoms with E-state index in [1.807, 2.05) is 20.8 Å². The van der Waals surface area contributed by atoms with Crippen LogP contribution in [0, 0.1) is 0 Å². The SMILES string of the molecule is CCN(CC)C(=O)NC1CCOC1C. The van der Waals surface area contributed by atoms with Crippen LogP contribution >= 0.6 is 0 Å². The minimum absolute atomic E-state index is 0.0253. The van der Waals surface area contributed by atoms with Crippen LogP contribution in [0.15, 0.2) is 0 Å². The normalized spacial score (nSPS) is 26.2. The number of urea groups is 1. The summed E-state index contributed by atoms with van der Waals surface area (Å²) in [5.41, 5.74) is 0. The highest BCUT2D eigenvalue weighted by Crippen LogP contribution is 2.12. The van der Waals surface area contributed by atoms with Gasteiger partial charge in [0.15, 0.2) is 0 Å². The van der Waals surface area contributed by atoms with Crippen LogP contribution in [0.1, 0.15) is 27.2 Å². The van der Waals surface area contributed by atoms with Crippen molar-refractivity contribution in [3.8, 4) is 0 Å². The zero-order valence-electron chi connectivity index (χ0n) is 9.25. The fourth-order valence-electron chi connectivity index (χ4n) is 1.68. The maximum absolute atomic E-state index is 11.7. The Kier molecular flexibility index (Phi) is 4.20. The second-order valence-electron chi connectivity index (χ2n) is 3.59. The molecule has 0 saturated carbocycles. The largest absolute Gasteiger partial charge is 0.376 e. The maximum Gasteiger partial charge on any atom is 0.317 e. The molecule has 0 spiro atoms. The van der Waals surface area contributed by atoms with Gasteiger partial charge in [-0.2, -0.15) is 0 Å². The van der Waals surface area contributed by atoms with Gasteiger partial charge in [-0.05, 0) is 27.2 Å². The summed E-state index contributed by atoms with van der Waals surface area (Å²) in [6.07, 6.45) is 1.07. The molecule has 0 radical (unpaired) electrons. The van der Waals surface area contributed by atoms with Gasteiger partial charge in [0.05, 0.1) is 12.1 Å². The molecule has 1 heterocycles. The molecule has 1 saturated heterocycles. The van der Waals surface area contributed by atoms with Crippen LogP contribution in [0.25, 0.3) is 0 Å². The first kappa shape index (κ1) is 11.3. The quantitative estimate of drug-likeness (QED) is 0.744. The first-order chi connectivity index (χ1) is 6.69. The van der Waals surface area contributed by atoms with Crippen molar-refractivity contribution >= 4 is 6.03 Å². The van der Waals surface area contributed by atoms with Crippen molar-refractivity contribution in [2.24, 2.45) is 0 Å². The third kappa shape index (κ3) is 2.61. The highest BCUT2D eigenvalue weighted by Gasteiger charge is 2.26. The average Bonchev–Trinajstić information content (AvgIpc) is 2.54. The molecule has 4 nitrogen and oxygen atoms in total. The van der Waals surface area contributed by atoms with Crippen molar-refractivity contribution in [2.45, 2.75) is 39.3 Å². The first-order valence-corrected chi connectivity index (χ1v) is 5.36. The van der Waals surface area contributed by atoms with E-state index in [0.29, 0.717) is 0 Å². The second kappa shape index (κ2) is 5.20. The van der Waals surface area contributed by atoms with E-state index in [4.69, 9.17) is 4.74 Å². The summed E-state index contributed by atoms with van der Waals surface area (Å²) in [6.45, 7) is 8.23. The van der Waals surface area contributed by atoms with Crippen molar-refractivity contribution in [3.63, 3.8) is 0 Å². The molecule has 0 aromatic rings. The van der Waals surface area contributed by atoms with E-state index in [0.717, 1.165) is 26.1 Å². The summed E-state index contributed by atoms with van der Waals surface area (Å²) in [5, 5.41) is 2.99. The van der Waals surface area contributed by atoms with Gasteiger partial charge in [0.25, 0.3) is 0 Å². The van der Waals surface area contributed by atoms with E-state index in [2.05, 4.69) is 5.32 Å². The van der Waals surface area contributed by atoms with Crippen molar-refractivity contribution in [1.29, 1.82) is 0 Å². The van der Waals surface area contributed by atoms with Crippen LogP contribution in [-0.4, -0.2) is 42.8 Å². The molecule has 0 aliphatic carbocycles. The number of ether oxygens (including phenoxy) is 1. The molecule has 0 bridgehead atoms. The first-order valence-electron chi connectivity index (χ1n) is 5.36. The van der Waals surface area contributed by atoms with Crippen LogP contribution in [0.2, 0.25) is 0 Å². The molecule has 82 valence electrons. The molecular weight excluding hydrogens is 180 g/mol. The van der Waals surface area contributed by atoms with Crippen molar-refractivity contribution in [3.05, 3.63) is 0 Å². The van der Waals surface area contributed by atoms with E-state index in [-0.39, 0.29) is 18.2 Å². The van der Waals surface area contributed by atoms with E-state index in [1.165, 1.54) is 0 Å². The smallest absolute Gasteiger partial charge is 0.317 e. The van der Waals surface area contributed by atoms with Gasteiger partial charge >= 0.3 is 6.03 Å². The Morgan fingerprint density at radius 1 is 1.50 bits per heavy atom. The summed E-state index contributed by atoms with van der Waals surface area (Å²) in [4.78, 5) is 13.4. The van der Waals surface area contributed by atoms with Crippen molar-refractivity contribution in [2.75, 3.05) is 19.7 Å². The van der Waals surface area contributed by atoms with Crippen LogP contribution < -0.4 is 5.32 Å². The predicted molar refractivity (Wildman–Crippen MR) is 55.3 cm³/mol. The molecule has 2 amide bonds. The number of rotatable bonds is 3.